The van der Waals surface area contributed by atoms with Crippen LogP contribution in [-0.2, 0) is 4.79 Å². The Morgan fingerprint density at radius 3 is 1.80 bits per heavy atom. The summed E-state index contributed by atoms with van der Waals surface area (Å²) in [5.41, 5.74) is 0.312. The van der Waals surface area contributed by atoms with E-state index in [1.807, 2.05) is 0 Å². The van der Waals surface area contributed by atoms with Crippen molar-refractivity contribution in [2.45, 2.75) is 90.9 Å². The van der Waals surface area contributed by atoms with Crippen LogP contribution in [0.4, 0.5) is 0 Å². The lowest BCUT2D eigenvalue weighted by atomic mass is 9.43. The minimum atomic E-state index is 0.156. The van der Waals surface area contributed by atoms with Crippen molar-refractivity contribution in [2.24, 2.45) is 22.7 Å². The van der Waals surface area contributed by atoms with Crippen LogP contribution in [0.5, 0.6) is 0 Å². The molecule has 20 heavy (non-hydrogen) atoms. The SMILES string of the molecule is CCCC1CCC2(CC1)CC1(CCC(CC)CC1)C2=O. The molecule has 0 N–H and O–H groups in total. The van der Waals surface area contributed by atoms with Crippen molar-refractivity contribution in [1.82, 2.24) is 0 Å². The van der Waals surface area contributed by atoms with Crippen molar-refractivity contribution >= 4 is 5.78 Å². The number of carbonyl (C=O) groups is 1. The molecule has 114 valence electrons. The third kappa shape index (κ3) is 2.25. The summed E-state index contributed by atoms with van der Waals surface area (Å²) in [5.74, 6) is 2.53. The van der Waals surface area contributed by atoms with Gasteiger partial charge in [0.15, 0.2) is 0 Å². The van der Waals surface area contributed by atoms with E-state index in [4.69, 9.17) is 0 Å². The molecule has 2 spiro atoms. The van der Waals surface area contributed by atoms with Crippen LogP contribution < -0.4 is 0 Å². The molecular weight excluding hydrogens is 244 g/mol. The first-order chi connectivity index (χ1) is 9.64. The van der Waals surface area contributed by atoms with Crippen LogP contribution >= 0.6 is 0 Å². The van der Waals surface area contributed by atoms with Gasteiger partial charge < -0.3 is 0 Å². The van der Waals surface area contributed by atoms with Crippen molar-refractivity contribution in [3.05, 3.63) is 0 Å². The summed E-state index contributed by atoms with van der Waals surface area (Å²) in [6.07, 6.45) is 15.4. The van der Waals surface area contributed by atoms with Crippen molar-refractivity contribution in [2.75, 3.05) is 0 Å². The first-order valence-electron chi connectivity index (χ1n) is 9.19. The Morgan fingerprint density at radius 1 is 0.900 bits per heavy atom. The van der Waals surface area contributed by atoms with E-state index >= 15 is 0 Å². The number of Topliss-reactive ketones (excluding diaryl/α,β-unsaturated/α-hetero) is 1. The van der Waals surface area contributed by atoms with Gasteiger partial charge in [-0.2, -0.15) is 0 Å². The van der Waals surface area contributed by atoms with E-state index in [0.717, 1.165) is 11.8 Å². The molecule has 3 aliphatic carbocycles. The van der Waals surface area contributed by atoms with Gasteiger partial charge in [-0.25, -0.2) is 0 Å². The average Bonchev–Trinajstić information content (AvgIpc) is 2.50. The largest absolute Gasteiger partial charge is 0.298 e. The van der Waals surface area contributed by atoms with Gasteiger partial charge in [-0.15, -0.1) is 0 Å². The van der Waals surface area contributed by atoms with Crippen LogP contribution in [0.15, 0.2) is 0 Å². The molecule has 0 aromatic heterocycles. The zero-order valence-corrected chi connectivity index (χ0v) is 13.5. The fraction of sp³-hybridized carbons (Fsp3) is 0.947. The highest BCUT2D eigenvalue weighted by Crippen LogP contribution is 2.64. The number of rotatable bonds is 3. The Hall–Kier alpha value is -0.330. The Kier molecular flexibility index (Phi) is 3.99. The van der Waals surface area contributed by atoms with E-state index in [1.54, 1.807) is 0 Å². The molecule has 0 radical (unpaired) electrons. The van der Waals surface area contributed by atoms with Gasteiger partial charge in [0.2, 0.25) is 0 Å². The molecule has 3 rings (SSSR count). The van der Waals surface area contributed by atoms with Crippen molar-refractivity contribution in [3.8, 4) is 0 Å². The molecule has 0 aromatic rings. The predicted octanol–water partition coefficient (Wildman–Crippen LogP) is 5.52. The zero-order chi connectivity index (χ0) is 14.2. The van der Waals surface area contributed by atoms with Crippen molar-refractivity contribution < 1.29 is 4.79 Å². The van der Waals surface area contributed by atoms with Gasteiger partial charge in [0.25, 0.3) is 0 Å². The molecule has 0 saturated heterocycles. The molecule has 0 amide bonds. The molecular formula is C19H32O. The van der Waals surface area contributed by atoms with Crippen LogP contribution in [-0.4, -0.2) is 5.78 Å². The molecule has 0 aliphatic heterocycles. The molecule has 3 aliphatic rings. The normalized spacial score (nSPS) is 44.8. The highest BCUT2D eigenvalue weighted by Gasteiger charge is 2.62. The second-order valence-corrected chi connectivity index (χ2v) is 8.15. The maximum atomic E-state index is 13.0. The Labute approximate surface area is 124 Å². The lowest BCUT2D eigenvalue weighted by Gasteiger charge is -2.59. The van der Waals surface area contributed by atoms with Crippen molar-refractivity contribution in [1.29, 1.82) is 0 Å². The molecule has 0 unspecified atom stereocenters. The summed E-state index contributed by atoms with van der Waals surface area (Å²) in [6.45, 7) is 4.60. The highest BCUT2D eigenvalue weighted by molar-refractivity contribution is 5.96. The fourth-order valence-corrected chi connectivity index (χ4v) is 5.64. The predicted molar refractivity (Wildman–Crippen MR) is 83.6 cm³/mol. The second-order valence-electron chi connectivity index (χ2n) is 8.15. The molecule has 3 saturated carbocycles. The Balaban J connectivity index is 1.57. The summed E-state index contributed by atoms with van der Waals surface area (Å²) in [4.78, 5) is 13.0. The van der Waals surface area contributed by atoms with Crippen molar-refractivity contribution in [3.63, 3.8) is 0 Å². The third-order valence-corrected chi connectivity index (χ3v) is 7.04. The molecule has 0 bridgehead atoms. The van der Waals surface area contributed by atoms with Gasteiger partial charge in [-0.1, -0.05) is 33.1 Å². The van der Waals surface area contributed by atoms with Crippen LogP contribution in [0.25, 0.3) is 0 Å². The molecule has 0 atom stereocenters. The maximum absolute atomic E-state index is 13.0. The number of carbonyl (C=O) groups excluding carboxylic acids is 1. The van der Waals surface area contributed by atoms with Gasteiger partial charge in [-0.05, 0) is 69.6 Å². The van der Waals surface area contributed by atoms with E-state index < -0.39 is 0 Å². The number of ketones is 1. The summed E-state index contributed by atoms with van der Waals surface area (Å²) in [6, 6.07) is 0. The second kappa shape index (κ2) is 5.46. The third-order valence-electron chi connectivity index (χ3n) is 7.04. The average molecular weight is 276 g/mol. The summed E-state index contributed by atoms with van der Waals surface area (Å²) in [5, 5.41) is 0. The minimum Gasteiger partial charge on any atom is -0.298 e. The van der Waals surface area contributed by atoms with Crippen LogP contribution in [0.2, 0.25) is 0 Å². The lowest BCUT2D eigenvalue weighted by Crippen LogP contribution is -2.59. The molecule has 0 aromatic carbocycles. The first kappa shape index (κ1) is 14.6. The maximum Gasteiger partial charge on any atom is 0.145 e. The zero-order valence-electron chi connectivity index (χ0n) is 13.5. The van der Waals surface area contributed by atoms with E-state index in [-0.39, 0.29) is 10.8 Å². The van der Waals surface area contributed by atoms with Gasteiger partial charge in [0.1, 0.15) is 5.78 Å². The Morgan fingerprint density at radius 2 is 1.40 bits per heavy atom. The van der Waals surface area contributed by atoms with Gasteiger partial charge in [0, 0.05) is 10.8 Å². The van der Waals surface area contributed by atoms with Gasteiger partial charge in [0.05, 0.1) is 0 Å². The van der Waals surface area contributed by atoms with Crippen LogP contribution in [0, 0.1) is 22.7 Å². The Bertz CT molecular complexity index is 354. The summed E-state index contributed by atoms with van der Waals surface area (Å²) >= 11 is 0. The number of hydrogen-bond donors (Lipinski definition) is 0. The lowest BCUT2D eigenvalue weighted by molar-refractivity contribution is -0.169. The van der Waals surface area contributed by atoms with Gasteiger partial charge >= 0.3 is 0 Å². The molecule has 1 nitrogen and oxygen atoms in total. The monoisotopic (exact) mass is 276 g/mol. The van der Waals surface area contributed by atoms with E-state index in [9.17, 15) is 4.79 Å². The minimum absolute atomic E-state index is 0.156. The topological polar surface area (TPSA) is 17.1 Å². The van der Waals surface area contributed by atoms with Crippen LogP contribution in [0.1, 0.15) is 90.9 Å². The fourth-order valence-electron chi connectivity index (χ4n) is 5.64. The molecule has 1 heteroatoms. The van der Waals surface area contributed by atoms with E-state index in [2.05, 4.69) is 13.8 Å². The van der Waals surface area contributed by atoms with E-state index in [0.29, 0.717) is 5.78 Å². The first-order valence-corrected chi connectivity index (χ1v) is 9.19. The summed E-state index contributed by atoms with van der Waals surface area (Å²) < 4.78 is 0. The smallest absolute Gasteiger partial charge is 0.145 e. The van der Waals surface area contributed by atoms with E-state index in [1.165, 1.54) is 77.0 Å². The highest BCUT2D eigenvalue weighted by atomic mass is 16.1. The summed E-state index contributed by atoms with van der Waals surface area (Å²) in [7, 11) is 0. The quantitative estimate of drug-likeness (QED) is 0.663. The molecule has 0 heterocycles. The number of hydrogen-bond acceptors (Lipinski definition) is 1. The van der Waals surface area contributed by atoms with Crippen LogP contribution in [0.3, 0.4) is 0 Å². The standard InChI is InChI=1S/C19H32O/c1-3-5-16-8-12-19(13-9-16)14-18(17(19)20)10-6-15(4-2)7-11-18/h15-16H,3-14H2,1-2H3. The van der Waals surface area contributed by atoms with Gasteiger partial charge in [-0.3, -0.25) is 4.79 Å². The molecule has 3 fully saturated rings.